The van der Waals surface area contributed by atoms with Crippen molar-refractivity contribution in [3.63, 3.8) is 0 Å². The number of pyridine rings is 1. The Morgan fingerprint density at radius 3 is 2.68 bits per heavy atom. The van der Waals surface area contributed by atoms with Gasteiger partial charge in [-0.1, -0.05) is 29.3 Å². The number of rotatable bonds is 3. The highest BCUT2D eigenvalue weighted by Crippen LogP contribution is 2.32. The van der Waals surface area contributed by atoms with Gasteiger partial charge in [0, 0.05) is 53.2 Å². The summed E-state index contributed by atoms with van der Waals surface area (Å²) in [6.07, 6.45) is 3.13. The minimum atomic E-state index is -0.236. The summed E-state index contributed by atoms with van der Waals surface area (Å²) in [7, 11) is 1.72. The van der Waals surface area contributed by atoms with E-state index in [1.54, 1.807) is 36.1 Å². The van der Waals surface area contributed by atoms with E-state index in [0.29, 0.717) is 41.4 Å². The van der Waals surface area contributed by atoms with Crippen LogP contribution in [-0.2, 0) is 11.8 Å². The molecule has 8 heteroatoms. The minimum Gasteiger partial charge on any atom is -0.370 e. The molecule has 0 amide bonds. The van der Waals surface area contributed by atoms with Crippen molar-refractivity contribution in [2.24, 2.45) is 7.05 Å². The zero-order chi connectivity index (χ0) is 19.7. The fraction of sp³-hybridized carbons (Fsp3) is 0.250. The van der Waals surface area contributed by atoms with Gasteiger partial charge in [-0.05, 0) is 24.3 Å². The van der Waals surface area contributed by atoms with Crippen LogP contribution in [0.3, 0.4) is 0 Å². The second-order valence-corrected chi connectivity index (χ2v) is 7.39. The van der Waals surface area contributed by atoms with E-state index in [-0.39, 0.29) is 11.7 Å². The number of benzene rings is 1. The molecule has 1 unspecified atom stereocenters. The van der Waals surface area contributed by atoms with Gasteiger partial charge in [0.05, 0.1) is 18.8 Å². The molecule has 3 aromatic rings. The number of nitrogens with zero attached hydrogens (tertiary/aromatic N) is 4. The summed E-state index contributed by atoms with van der Waals surface area (Å²) in [6, 6.07) is 10.6. The summed E-state index contributed by atoms with van der Waals surface area (Å²) in [5, 5.41) is 1.14. The maximum atomic E-state index is 12.5. The second-order valence-electron chi connectivity index (χ2n) is 6.55. The lowest BCUT2D eigenvalue weighted by atomic mass is 10.1. The van der Waals surface area contributed by atoms with Crippen LogP contribution in [0.4, 0.5) is 5.95 Å². The summed E-state index contributed by atoms with van der Waals surface area (Å²) in [5.41, 5.74) is 2.21. The molecule has 6 nitrogen and oxygen atoms in total. The van der Waals surface area contributed by atoms with Crippen molar-refractivity contribution >= 4 is 29.2 Å². The first-order chi connectivity index (χ1) is 13.5. The Morgan fingerprint density at radius 1 is 1.14 bits per heavy atom. The normalized spacial score (nSPS) is 17.0. The third kappa shape index (κ3) is 3.76. The van der Waals surface area contributed by atoms with Crippen LogP contribution in [0.15, 0.2) is 53.6 Å². The Kier molecular flexibility index (Phi) is 5.35. The Balaban J connectivity index is 1.68. The zero-order valence-electron chi connectivity index (χ0n) is 15.2. The van der Waals surface area contributed by atoms with Crippen molar-refractivity contribution in [1.82, 2.24) is 14.5 Å². The van der Waals surface area contributed by atoms with E-state index in [4.69, 9.17) is 32.9 Å². The third-order valence-corrected chi connectivity index (χ3v) is 5.31. The van der Waals surface area contributed by atoms with E-state index >= 15 is 0 Å². The maximum absolute atomic E-state index is 12.5. The largest absolute Gasteiger partial charge is 0.370 e. The first kappa shape index (κ1) is 18.9. The standard InChI is InChI=1S/C20H18Cl2N4O2/c1-25-19(27)11-17(13-4-6-23-7-5-13)24-20(25)26-8-9-28-18(12-26)15-3-2-14(21)10-16(15)22/h2-7,10-11,18H,8-9,12H2,1H3. The van der Waals surface area contributed by atoms with E-state index in [2.05, 4.69) is 4.98 Å². The fourth-order valence-electron chi connectivity index (χ4n) is 3.26. The van der Waals surface area contributed by atoms with Crippen LogP contribution in [-0.4, -0.2) is 34.2 Å². The van der Waals surface area contributed by atoms with Crippen LogP contribution in [0.1, 0.15) is 11.7 Å². The quantitative estimate of drug-likeness (QED) is 0.650. The first-order valence-electron chi connectivity index (χ1n) is 8.83. The van der Waals surface area contributed by atoms with Crippen molar-refractivity contribution in [2.45, 2.75) is 6.10 Å². The summed E-state index contributed by atoms with van der Waals surface area (Å²) in [6.45, 7) is 1.65. The molecular formula is C20H18Cl2N4O2. The molecule has 0 saturated carbocycles. The highest BCUT2D eigenvalue weighted by molar-refractivity contribution is 6.35. The van der Waals surface area contributed by atoms with Gasteiger partial charge < -0.3 is 9.64 Å². The molecule has 0 radical (unpaired) electrons. The van der Waals surface area contributed by atoms with Crippen molar-refractivity contribution < 1.29 is 4.74 Å². The molecule has 1 saturated heterocycles. The van der Waals surface area contributed by atoms with Crippen molar-refractivity contribution in [3.05, 3.63) is 74.8 Å². The van der Waals surface area contributed by atoms with Gasteiger partial charge in [-0.2, -0.15) is 0 Å². The lowest BCUT2D eigenvalue weighted by molar-refractivity contribution is 0.0390. The lowest BCUT2D eigenvalue weighted by Crippen LogP contribution is -2.41. The molecule has 0 N–H and O–H groups in total. The fourth-order valence-corrected chi connectivity index (χ4v) is 3.79. The highest BCUT2D eigenvalue weighted by atomic mass is 35.5. The molecule has 2 aromatic heterocycles. The Bertz CT molecular complexity index is 1060. The molecule has 1 aliphatic heterocycles. The van der Waals surface area contributed by atoms with E-state index in [1.807, 2.05) is 23.1 Å². The molecule has 1 aromatic carbocycles. The molecule has 0 aliphatic carbocycles. The Hall–Kier alpha value is -2.41. The molecule has 1 atom stereocenters. The summed E-state index contributed by atoms with van der Waals surface area (Å²) >= 11 is 12.4. The minimum absolute atomic E-state index is 0.121. The molecule has 144 valence electrons. The smallest absolute Gasteiger partial charge is 0.255 e. The SMILES string of the molecule is Cn1c(N2CCOC(c3ccc(Cl)cc3Cl)C2)nc(-c2ccncc2)cc1=O. The van der Waals surface area contributed by atoms with Gasteiger partial charge in [0.2, 0.25) is 5.95 Å². The van der Waals surface area contributed by atoms with Gasteiger partial charge in [0.15, 0.2) is 0 Å². The van der Waals surface area contributed by atoms with Gasteiger partial charge >= 0.3 is 0 Å². The maximum Gasteiger partial charge on any atom is 0.255 e. The zero-order valence-corrected chi connectivity index (χ0v) is 16.7. The molecule has 0 spiro atoms. The van der Waals surface area contributed by atoms with Crippen LogP contribution in [0.5, 0.6) is 0 Å². The van der Waals surface area contributed by atoms with Crippen LogP contribution in [0, 0.1) is 0 Å². The van der Waals surface area contributed by atoms with Gasteiger partial charge in [-0.15, -0.1) is 0 Å². The molecule has 0 bridgehead atoms. The van der Waals surface area contributed by atoms with E-state index < -0.39 is 0 Å². The first-order valence-corrected chi connectivity index (χ1v) is 9.58. The lowest BCUT2D eigenvalue weighted by Gasteiger charge is -2.35. The van der Waals surface area contributed by atoms with Gasteiger partial charge in [0.25, 0.3) is 5.56 Å². The number of halogens is 2. The van der Waals surface area contributed by atoms with Crippen LogP contribution < -0.4 is 10.5 Å². The molecular weight excluding hydrogens is 399 g/mol. The number of morpholine rings is 1. The Labute approximate surface area is 172 Å². The van der Waals surface area contributed by atoms with Crippen LogP contribution in [0.2, 0.25) is 10.0 Å². The monoisotopic (exact) mass is 416 g/mol. The van der Waals surface area contributed by atoms with Gasteiger partial charge in [-0.25, -0.2) is 4.98 Å². The molecule has 1 fully saturated rings. The number of aromatic nitrogens is 3. The average Bonchev–Trinajstić information content (AvgIpc) is 2.70. The predicted molar refractivity (Wildman–Crippen MR) is 110 cm³/mol. The Morgan fingerprint density at radius 2 is 1.93 bits per heavy atom. The van der Waals surface area contributed by atoms with Crippen molar-refractivity contribution in [1.29, 1.82) is 0 Å². The summed E-state index contributed by atoms with van der Waals surface area (Å²) in [4.78, 5) is 23.3. The number of ether oxygens (including phenoxy) is 1. The average molecular weight is 417 g/mol. The molecule has 4 rings (SSSR count). The van der Waals surface area contributed by atoms with E-state index in [9.17, 15) is 4.79 Å². The number of anilines is 1. The van der Waals surface area contributed by atoms with Gasteiger partial charge in [-0.3, -0.25) is 14.3 Å². The second kappa shape index (κ2) is 7.91. The highest BCUT2D eigenvalue weighted by Gasteiger charge is 2.26. The van der Waals surface area contributed by atoms with Crippen LogP contribution >= 0.6 is 23.2 Å². The van der Waals surface area contributed by atoms with E-state index in [1.165, 1.54) is 6.07 Å². The topological polar surface area (TPSA) is 60.2 Å². The summed E-state index contributed by atoms with van der Waals surface area (Å²) < 4.78 is 7.48. The van der Waals surface area contributed by atoms with E-state index in [0.717, 1.165) is 11.1 Å². The molecule has 1 aliphatic rings. The van der Waals surface area contributed by atoms with Crippen molar-refractivity contribution in [2.75, 3.05) is 24.6 Å². The van der Waals surface area contributed by atoms with Gasteiger partial charge in [0.1, 0.15) is 6.10 Å². The molecule has 28 heavy (non-hydrogen) atoms. The summed E-state index contributed by atoms with van der Waals surface area (Å²) in [5.74, 6) is 0.595. The van der Waals surface area contributed by atoms with Crippen LogP contribution in [0.25, 0.3) is 11.3 Å². The number of hydrogen-bond acceptors (Lipinski definition) is 5. The third-order valence-electron chi connectivity index (χ3n) is 4.75. The van der Waals surface area contributed by atoms with Crippen molar-refractivity contribution in [3.8, 4) is 11.3 Å². The number of hydrogen-bond donors (Lipinski definition) is 0. The molecule has 3 heterocycles. The predicted octanol–water partition coefficient (Wildman–Crippen LogP) is 3.73.